The molecule has 0 atom stereocenters. The van der Waals surface area contributed by atoms with E-state index in [0.29, 0.717) is 22.8 Å². The minimum atomic E-state index is 0.432. The molecule has 0 spiro atoms. The first-order valence-corrected chi connectivity index (χ1v) is 5.10. The second-order valence-electron chi connectivity index (χ2n) is 2.50. The Morgan fingerprint density at radius 2 is 1.93 bits per heavy atom. The fraction of sp³-hybridized carbons (Fsp3) is 0.444. The van der Waals surface area contributed by atoms with E-state index in [9.17, 15) is 0 Å². The number of halogens is 1. The molecule has 0 saturated heterocycles. The van der Waals surface area contributed by atoms with Crippen molar-refractivity contribution in [3.63, 3.8) is 0 Å². The Labute approximate surface area is 91.3 Å². The molecule has 0 fully saturated rings. The third-order valence-corrected chi connectivity index (χ3v) is 2.35. The van der Waals surface area contributed by atoms with Crippen LogP contribution in [-0.4, -0.2) is 26.3 Å². The zero-order valence-electron chi connectivity index (χ0n) is 8.33. The maximum absolute atomic E-state index is 5.18. The molecular weight excluding hydrogens is 250 g/mol. The molecule has 0 amide bonds. The summed E-state index contributed by atoms with van der Waals surface area (Å²) >= 11 is 3.36. The summed E-state index contributed by atoms with van der Waals surface area (Å²) in [6, 6.07) is 1.80. The molecule has 4 nitrogen and oxygen atoms in total. The zero-order chi connectivity index (χ0) is 10.6. The molecule has 1 aromatic heterocycles. The summed E-state index contributed by atoms with van der Waals surface area (Å²) in [5.74, 6) is 1.57. The number of rotatable bonds is 4. The molecular formula is C9H12BrNO3. The molecule has 1 rings (SSSR count). The van der Waals surface area contributed by atoms with Crippen LogP contribution in [0.5, 0.6) is 17.5 Å². The first kappa shape index (κ1) is 11.1. The van der Waals surface area contributed by atoms with Gasteiger partial charge in [0.15, 0.2) is 5.75 Å². The molecule has 0 N–H and O–H groups in total. The molecule has 5 heteroatoms. The van der Waals surface area contributed by atoms with Gasteiger partial charge in [0.25, 0.3) is 5.88 Å². The summed E-state index contributed by atoms with van der Waals surface area (Å²) < 4.78 is 15.3. The van der Waals surface area contributed by atoms with Gasteiger partial charge >= 0.3 is 0 Å². The summed E-state index contributed by atoms with van der Waals surface area (Å²) in [5.41, 5.74) is 0.941. The summed E-state index contributed by atoms with van der Waals surface area (Å²) in [6.45, 7) is 0. The topological polar surface area (TPSA) is 40.6 Å². The largest absolute Gasteiger partial charge is 0.491 e. The van der Waals surface area contributed by atoms with Gasteiger partial charge in [-0.3, -0.25) is 0 Å². The van der Waals surface area contributed by atoms with Crippen LogP contribution < -0.4 is 14.2 Å². The van der Waals surface area contributed by atoms with Crippen molar-refractivity contribution in [1.29, 1.82) is 0 Å². The van der Waals surface area contributed by atoms with Gasteiger partial charge in [-0.15, -0.1) is 0 Å². The van der Waals surface area contributed by atoms with Gasteiger partial charge in [-0.1, -0.05) is 15.9 Å². The van der Waals surface area contributed by atoms with E-state index in [1.165, 1.54) is 0 Å². The van der Waals surface area contributed by atoms with Crippen molar-refractivity contribution >= 4 is 15.9 Å². The number of aromatic nitrogens is 1. The van der Waals surface area contributed by atoms with Crippen molar-refractivity contribution in [2.75, 3.05) is 21.3 Å². The zero-order valence-corrected chi connectivity index (χ0v) is 9.92. The summed E-state index contributed by atoms with van der Waals surface area (Å²) in [4.78, 5) is 4.10. The highest BCUT2D eigenvalue weighted by atomic mass is 79.9. The lowest BCUT2D eigenvalue weighted by Crippen LogP contribution is -1.99. The minimum absolute atomic E-state index is 0.432. The minimum Gasteiger partial charge on any atom is -0.491 e. The first-order chi connectivity index (χ1) is 6.76. The van der Waals surface area contributed by atoms with Crippen LogP contribution in [-0.2, 0) is 5.33 Å². The lowest BCUT2D eigenvalue weighted by molar-refractivity contribution is 0.327. The van der Waals surface area contributed by atoms with Crippen LogP contribution in [0.15, 0.2) is 6.07 Å². The number of pyridine rings is 1. The van der Waals surface area contributed by atoms with E-state index in [0.717, 1.165) is 5.56 Å². The number of ether oxygens (including phenoxy) is 3. The average Bonchev–Trinajstić information content (AvgIpc) is 2.26. The van der Waals surface area contributed by atoms with Crippen LogP contribution in [0.25, 0.3) is 0 Å². The molecule has 78 valence electrons. The van der Waals surface area contributed by atoms with Crippen molar-refractivity contribution in [2.24, 2.45) is 0 Å². The van der Waals surface area contributed by atoms with Gasteiger partial charge < -0.3 is 14.2 Å². The standard InChI is InChI=1S/C9H12BrNO3/c1-12-7-4-6(5-10)8(13-2)9(11-7)14-3/h4H,5H2,1-3H3. The van der Waals surface area contributed by atoms with Gasteiger partial charge in [-0.05, 0) is 0 Å². The molecule has 0 aromatic carbocycles. The fourth-order valence-electron chi connectivity index (χ4n) is 1.10. The molecule has 0 bridgehead atoms. The van der Waals surface area contributed by atoms with E-state index in [-0.39, 0.29) is 0 Å². The summed E-state index contributed by atoms with van der Waals surface area (Å²) in [5, 5.41) is 0.658. The van der Waals surface area contributed by atoms with Crippen LogP contribution in [0.1, 0.15) is 5.56 Å². The third kappa shape index (κ3) is 2.09. The highest BCUT2D eigenvalue weighted by molar-refractivity contribution is 9.08. The van der Waals surface area contributed by atoms with E-state index in [1.807, 2.05) is 0 Å². The predicted octanol–water partition coefficient (Wildman–Crippen LogP) is 2.00. The summed E-state index contributed by atoms with van der Waals surface area (Å²) in [6.07, 6.45) is 0. The molecule has 0 saturated carbocycles. The maximum Gasteiger partial charge on any atom is 0.260 e. The van der Waals surface area contributed by atoms with Crippen molar-refractivity contribution < 1.29 is 14.2 Å². The van der Waals surface area contributed by atoms with Gasteiger partial charge in [0.2, 0.25) is 5.88 Å². The third-order valence-electron chi connectivity index (χ3n) is 1.75. The quantitative estimate of drug-likeness (QED) is 0.778. The second-order valence-corrected chi connectivity index (χ2v) is 3.06. The van der Waals surface area contributed by atoms with Crippen LogP contribution in [0.2, 0.25) is 0 Å². The number of hydrogen-bond acceptors (Lipinski definition) is 4. The van der Waals surface area contributed by atoms with Crippen molar-refractivity contribution in [1.82, 2.24) is 4.98 Å². The van der Waals surface area contributed by atoms with Crippen LogP contribution in [0.4, 0.5) is 0 Å². The molecule has 14 heavy (non-hydrogen) atoms. The van der Waals surface area contributed by atoms with Gasteiger partial charge in [-0.25, -0.2) is 0 Å². The first-order valence-electron chi connectivity index (χ1n) is 3.98. The molecule has 0 unspecified atom stereocenters. The Morgan fingerprint density at radius 1 is 1.21 bits per heavy atom. The molecule has 1 heterocycles. The lowest BCUT2D eigenvalue weighted by Gasteiger charge is -2.11. The van der Waals surface area contributed by atoms with Crippen LogP contribution >= 0.6 is 15.9 Å². The SMILES string of the molecule is COc1cc(CBr)c(OC)c(OC)n1. The van der Waals surface area contributed by atoms with Crippen LogP contribution in [0, 0.1) is 0 Å². The highest BCUT2D eigenvalue weighted by Gasteiger charge is 2.13. The van der Waals surface area contributed by atoms with E-state index in [2.05, 4.69) is 20.9 Å². The van der Waals surface area contributed by atoms with Gasteiger partial charge in [-0.2, -0.15) is 4.98 Å². The number of alkyl halides is 1. The molecule has 0 aliphatic heterocycles. The normalized spacial score (nSPS) is 9.71. The van der Waals surface area contributed by atoms with Crippen molar-refractivity contribution in [3.8, 4) is 17.5 Å². The fourth-order valence-corrected chi connectivity index (χ4v) is 1.51. The Hall–Kier alpha value is -0.970. The predicted molar refractivity (Wildman–Crippen MR) is 56.5 cm³/mol. The highest BCUT2D eigenvalue weighted by Crippen LogP contribution is 2.33. The van der Waals surface area contributed by atoms with E-state index < -0.39 is 0 Å². The number of nitrogens with zero attached hydrogens (tertiary/aromatic N) is 1. The lowest BCUT2D eigenvalue weighted by atomic mass is 10.2. The Balaban J connectivity index is 3.24. The monoisotopic (exact) mass is 261 g/mol. The van der Waals surface area contributed by atoms with Gasteiger partial charge in [0, 0.05) is 17.0 Å². The van der Waals surface area contributed by atoms with Crippen molar-refractivity contribution in [2.45, 2.75) is 5.33 Å². The smallest absolute Gasteiger partial charge is 0.260 e. The molecule has 0 aliphatic rings. The van der Waals surface area contributed by atoms with E-state index in [4.69, 9.17) is 14.2 Å². The average molecular weight is 262 g/mol. The number of hydrogen-bond donors (Lipinski definition) is 0. The Kier molecular flexibility index (Phi) is 4.00. The van der Waals surface area contributed by atoms with Gasteiger partial charge in [0.1, 0.15) is 0 Å². The number of methoxy groups -OCH3 is 3. The van der Waals surface area contributed by atoms with Gasteiger partial charge in [0.05, 0.1) is 21.3 Å². The molecule has 0 radical (unpaired) electrons. The Bertz CT molecular complexity index is 292. The van der Waals surface area contributed by atoms with E-state index >= 15 is 0 Å². The van der Waals surface area contributed by atoms with Crippen LogP contribution in [0.3, 0.4) is 0 Å². The molecule has 0 aliphatic carbocycles. The second kappa shape index (κ2) is 5.05. The summed E-state index contributed by atoms with van der Waals surface area (Å²) in [7, 11) is 4.69. The van der Waals surface area contributed by atoms with Crippen molar-refractivity contribution in [3.05, 3.63) is 11.6 Å². The molecule has 1 aromatic rings. The Morgan fingerprint density at radius 3 is 2.36 bits per heavy atom. The maximum atomic E-state index is 5.18. The van der Waals surface area contributed by atoms with E-state index in [1.54, 1.807) is 27.4 Å².